The molecule has 1 aromatic carbocycles. The summed E-state index contributed by atoms with van der Waals surface area (Å²) in [7, 11) is 3.18. The fourth-order valence-electron chi connectivity index (χ4n) is 2.29. The van der Waals surface area contributed by atoms with Gasteiger partial charge in [-0.15, -0.1) is 0 Å². The van der Waals surface area contributed by atoms with Gasteiger partial charge in [0.2, 0.25) is 0 Å². The fraction of sp³-hybridized carbons (Fsp3) is 0.316. The Kier molecular flexibility index (Phi) is 7.90. The lowest BCUT2D eigenvalue weighted by atomic mass is 10.2. The number of carbonyl (C=O) groups excluding carboxylic acids is 1. The van der Waals surface area contributed by atoms with Crippen LogP contribution in [-0.4, -0.2) is 50.7 Å². The minimum absolute atomic E-state index is 0.170. The zero-order chi connectivity index (χ0) is 19.5. The lowest BCUT2D eigenvalue weighted by Crippen LogP contribution is -2.32. The second kappa shape index (κ2) is 10.6. The molecule has 8 nitrogen and oxygen atoms in total. The second-order valence-electron chi connectivity index (χ2n) is 5.45. The summed E-state index contributed by atoms with van der Waals surface area (Å²) in [5, 5.41) is 9.18. The van der Waals surface area contributed by atoms with E-state index < -0.39 is 0 Å². The highest BCUT2D eigenvalue weighted by atomic mass is 16.5. The summed E-state index contributed by atoms with van der Waals surface area (Å²) >= 11 is 0. The Labute approximate surface area is 159 Å². The van der Waals surface area contributed by atoms with Gasteiger partial charge in [-0.05, 0) is 31.2 Å². The number of guanidine groups is 1. The number of benzene rings is 1. The molecule has 8 heteroatoms. The van der Waals surface area contributed by atoms with Crippen molar-refractivity contribution in [3.8, 4) is 11.5 Å². The first-order chi connectivity index (χ1) is 13.2. The van der Waals surface area contributed by atoms with Gasteiger partial charge < -0.3 is 25.4 Å². The summed E-state index contributed by atoms with van der Waals surface area (Å²) in [6.07, 6.45) is 3.16. The van der Waals surface area contributed by atoms with E-state index >= 15 is 0 Å². The molecule has 0 aliphatic rings. The van der Waals surface area contributed by atoms with Crippen molar-refractivity contribution in [1.82, 2.24) is 15.6 Å². The number of ether oxygens (including phenoxy) is 2. The minimum atomic E-state index is -0.170. The highest BCUT2D eigenvalue weighted by molar-refractivity contribution is 5.94. The third kappa shape index (κ3) is 6.18. The maximum atomic E-state index is 12.0. The molecule has 0 bridgehead atoms. The quantitative estimate of drug-likeness (QED) is 0.373. The molecule has 0 fully saturated rings. The van der Waals surface area contributed by atoms with E-state index in [2.05, 4.69) is 25.9 Å². The molecule has 1 aromatic heterocycles. The summed E-state index contributed by atoms with van der Waals surface area (Å²) < 4.78 is 10.5. The molecule has 1 amide bonds. The molecule has 0 unspecified atom stereocenters. The summed E-state index contributed by atoms with van der Waals surface area (Å²) in [5.74, 6) is 1.72. The monoisotopic (exact) mass is 371 g/mol. The molecular formula is C19H25N5O3. The number of pyridine rings is 1. The van der Waals surface area contributed by atoms with Crippen molar-refractivity contribution in [2.75, 3.05) is 39.2 Å². The molecule has 0 aliphatic heterocycles. The molecule has 0 radical (unpaired) electrons. The average Bonchev–Trinajstić information content (AvgIpc) is 2.71. The molecule has 2 rings (SSSR count). The van der Waals surface area contributed by atoms with Crippen LogP contribution in [0.4, 0.5) is 5.69 Å². The Balaban J connectivity index is 1.93. The summed E-state index contributed by atoms with van der Waals surface area (Å²) in [4.78, 5) is 20.4. The lowest BCUT2D eigenvalue weighted by molar-refractivity contribution is 0.0954. The van der Waals surface area contributed by atoms with Crippen LogP contribution in [0.5, 0.6) is 11.5 Å². The van der Waals surface area contributed by atoms with Gasteiger partial charge in [0.15, 0.2) is 17.5 Å². The normalized spacial score (nSPS) is 10.9. The number of carbonyl (C=O) groups is 1. The van der Waals surface area contributed by atoms with Gasteiger partial charge >= 0.3 is 0 Å². The maximum absolute atomic E-state index is 12.0. The number of amides is 1. The molecule has 0 aliphatic carbocycles. The lowest BCUT2D eigenvalue weighted by Gasteiger charge is -2.14. The zero-order valence-electron chi connectivity index (χ0n) is 15.8. The van der Waals surface area contributed by atoms with Gasteiger partial charge in [-0.25, -0.2) is 0 Å². The van der Waals surface area contributed by atoms with Crippen molar-refractivity contribution in [2.24, 2.45) is 4.99 Å². The van der Waals surface area contributed by atoms with Crippen LogP contribution in [0, 0.1) is 0 Å². The van der Waals surface area contributed by atoms with Gasteiger partial charge in [-0.3, -0.25) is 14.8 Å². The molecule has 3 N–H and O–H groups in total. The zero-order valence-corrected chi connectivity index (χ0v) is 15.8. The first kappa shape index (κ1) is 20.0. The van der Waals surface area contributed by atoms with E-state index in [0.29, 0.717) is 42.7 Å². The molecule has 2 aromatic rings. The third-order valence-electron chi connectivity index (χ3n) is 3.58. The molecule has 0 spiro atoms. The van der Waals surface area contributed by atoms with E-state index in [9.17, 15) is 4.79 Å². The van der Waals surface area contributed by atoms with Crippen LogP contribution in [0.2, 0.25) is 0 Å². The number of aliphatic imine (C=N–C) groups is 1. The third-order valence-corrected chi connectivity index (χ3v) is 3.58. The summed E-state index contributed by atoms with van der Waals surface area (Å²) in [6, 6.07) is 8.96. The number of hydrogen-bond acceptors (Lipinski definition) is 5. The van der Waals surface area contributed by atoms with Gasteiger partial charge in [-0.2, -0.15) is 0 Å². The van der Waals surface area contributed by atoms with Crippen LogP contribution in [0.25, 0.3) is 0 Å². The Hall–Kier alpha value is -3.29. The van der Waals surface area contributed by atoms with Crippen molar-refractivity contribution in [2.45, 2.75) is 6.92 Å². The number of rotatable bonds is 8. The number of hydrogen-bond donors (Lipinski definition) is 3. The SMILES string of the molecule is CCNC(=NCCNC(=O)c1cccnc1)Nc1ccc(OC)c(OC)c1. The van der Waals surface area contributed by atoms with E-state index in [4.69, 9.17) is 9.47 Å². The van der Waals surface area contributed by atoms with Gasteiger partial charge in [0, 0.05) is 37.2 Å². The van der Waals surface area contributed by atoms with Crippen LogP contribution < -0.4 is 25.4 Å². The Morgan fingerprint density at radius 2 is 1.96 bits per heavy atom. The van der Waals surface area contributed by atoms with Crippen LogP contribution in [0.15, 0.2) is 47.7 Å². The predicted molar refractivity (Wildman–Crippen MR) is 106 cm³/mol. The number of anilines is 1. The van der Waals surface area contributed by atoms with Crippen LogP contribution >= 0.6 is 0 Å². The topological polar surface area (TPSA) is 96.9 Å². The predicted octanol–water partition coefficient (Wildman–Crippen LogP) is 1.91. The molecule has 27 heavy (non-hydrogen) atoms. The standard InChI is InChI=1S/C19H25N5O3/c1-4-21-19(24-15-7-8-16(26-2)17(12-15)27-3)23-11-10-22-18(25)14-6-5-9-20-13-14/h5-9,12-13H,4,10-11H2,1-3H3,(H,22,25)(H2,21,23,24). The highest BCUT2D eigenvalue weighted by Gasteiger charge is 2.07. The van der Waals surface area contributed by atoms with E-state index in [1.165, 1.54) is 6.20 Å². The molecule has 144 valence electrons. The smallest absolute Gasteiger partial charge is 0.252 e. The molecule has 0 atom stereocenters. The first-order valence-electron chi connectivity index (χ1n) is 8.63. The van der Waals surface area contributed by atoms with Crippen molar-refractivity contribution in [1.29, 1.82) is 0 Å². The van der Waals surface area contributed by atoms with Crippen molar-refractivity contribution in [3.05, 3.63) is 48.3 Å². The maximum Gasteiger partial charge on any atom is 0.252 e. The number of methoxy groups -OCH3 is 2. The van der Waals surface area contributed by atoms with E-state index in [-0.39, 0.29) is 5.91 Å². The van der Waals surface area contributed by atoms with Gasteiger partial charge in [0.25, 0.3) is 5.91 Å². The summed E-state index contributed by atoms with van der Waals surface area (Å²) in [5.41, 5.74) is 1.34. The number of nitrogens with zero attached hydrogens (tertiary/aromatic N) is 2. The van der Waals surface area contributed by atoms with Crippen LogP contribution in [0.3, 0.4) is 0 Å². The van der Waals surface area contributed by atoms with Gasteiger partial charge in [0.1, 0.15) is 0 Å². The first-order valence-corrected chi connectivity index (χ1v) is 8.63. The van der Waals surface area contributed by atoms with Gasteiger partial charge in [-0.1, -0.05) is 0 Å². The largest absolute Gasteiger partial charge is 0.493 e. The highest BCUT2D eigenvalue weighted by Crippen LogP contribution is 2.29. The van der Waals surface area contributed by atoms with Crippen molar-refractivity contribution < 1.29 is 14.3 Å². The number of nitrogens with one attached hydrogen (secondary N) is 3. The molecule has 0 saturated heterocycles. The Morgan fingerprint density at radius 3 is 2.63 bits per heavy atom. The van der Waals surface area contributed by atoms with E-state index in [0.717, 1.165) is 5.69 Å². The number of aromatic nitrogens is 1. The molecular weight excluding hydrogens is 346 g/mol. The molecule has 1 heterocycles. The summed E-state index contributed by atoms with van der Waals surface area (Å²) in [6.45, 7) is 3.53. The fourth-order valence-corrected chi connectivity index (χ4v) is 2.29. The average molecular weight is 371 g/mol. The van der Waals surface area contributed by atoms with Crippen LogP contribution in [0.1, 0.15) is 17.3 Å². The van der Waals surface area contributed by atoms with Crippen molar-refractivity contribution >= 4 is 17.6 Å². The van der Waals surface area contributed by atoms with Crippen molar-refractivity contribution in [3.63, 3.8) is 0 Å². The van der Waals surface area contributed by atoms with Gasteiger partial charge in [0.05, 0.1) is 26.3 Å². The molecule has 0 saturated carbocycles. The van der Waals surface area contributed by atoms with E-state index in [1.54, 1.807) is 32.5 Å². The Bertz CT molecular complexity index is 765. The minimum Gasteiger partial charge on any atom is -0.493 e. The second-order valence-corrected chi connectivity index (χ2v) is 5.45. The van der Waals surface area contributed by atoms with E-state index in [1.807, 2.05) is 25.1 Å². The Morgan fingerprint density at radius 1 is 1.15 bits per heavy atom. The van der Waals surface area contributed by atoms with Crippen LogP contribution in [-0.2, 0) is 0 Å².